The number of nitrogens with zero attached hydrogens (tertiary/aromatic N) is 1. The van der Waals surface area contributed by atoms with Crippen molar-refractivity contribution in [3.05, 3.63) is 18.2 Å². The van der Waals surface area contributed by atoms with Crippen LogP contribution in [0.1, 0.15) is 19.8 Å². The van der Waals surface area contributed by atoms with Gasteiger partial charge in [0.2, 0.25) is 5.88 Å². The van der Waals surface area contributed by atoms with Gasteiger partial charge >= 0.3 is 0 Å². The molecule has 1 aliphatic rings. The molecule has 0 unspecified atom stereocenters. The number of anilines is 1. The van der Waals surface area contributed by atoms with Crippen molar-refractivity contribution in [3.63, 3.8) is 0 Å². The summed E-state index contributed by atoms with van der Waals surface area (Å²) in [6.07, 6.45) is 2.03. The predicted octanol–water partition coefficient (Wildman–Crippen LogP) is 2.66. The summed E-state index contributed by atoms with van der Waals surface area (Å²) in [7, 11) is 0. The van der Waals surface area contributed by atoms with Crippen molar-refractivity contribution in [1.82, 2.24) is 4.98 Å². The minimum atomic E-state index is 0.331. The summed E-state index contributed by atoms with van der Waals surface area (Å²) in [6, 6.07) is 6.22. The third-order valence-corrected chi connectivity index (χ3v) is 2.80. The maximum atomic E-state index is 5.91. The topological polar surface area (TPSA) is 34.1 Å². The molecule has 1 aliphatic carbocycles. The lowest BCUT2D eigenvalue weighted by molar-refractivity contribution is 0.327. The molecule has 0 aliphatic heterocycles. The zero-order valence-corrected chi connectivity index (χ0v) is 9.50. The summed E-state index contributed by atoms with van der Waals surface area (Å²) < 4.78 is 5.32. The van der Waals surface area contributed by atoms with Crippen molar-refractivity contribution >= 4 is 17.4 Å². The Bertz CT molecular complexity index is 326. The van der Waals surface area contributed by atoms with E-state index in [1.54, 1.807) is 0 Å². The van der Waals surface area contributed by atoms with Gasteiger partial charge in [-0.3, -0.25) is 0 Å². The van der Waals surface area contributed by atoms with Crippen LogP contribution in [0.15, 0.2) is 18.2 Å². The Morgan fingerprint density at radius 3 is 3.00 bits per heavy atom. The molecule has 1 saturated carbocycles. The monoisotopic (exact) mass is 226 g/mol. The van der Waals surface area contributed by atoms with E-state index in [9.17, 15) is 0 Å². The van der Waals surface area contributed by atoms with Gasteiger partial charge in [-0.25, -0.2) is 0 Å². The molecule has 1 N–H and O–H groups in total. The van der Waals surface area contributed by atoms with E-state index in [1.165, 1.54) is 0 Å². The van der Waals surface area contributed by atoms with E-state index in [1.807, 2.05) is 25.1 Å². The zero-order valence-electron chi connectivity index (χ0n) is 8.74. The first kappa shape index (κ1) is 10.6. The highest BCUT2D eigenvalue weighted by atomic mass is 35.5. The minimum absolute atomic E-state index is 0.331. The number of halogens is 1. The van der Waals surface area contributed by atoms with Gasteiger partial charge in [0.15, 0.2) is 0 Å². The van der Waals surface area contributed by atoms with Crippen LogP contribution in [-0.2, 0) is 0 Å². The molecule has 1 aromatic heterocycles. The van der Waals surface area contributed by atoms with E-state index in [2.05, 4.69) is 10.3 Å². The summed E-state index contributed by atoms with van der Waals surface area (Å²) in [4.78, 5) is 4.33. The first-order valence-electron chi connectivity index (χ1n) is 5.28. The van der Waals surface area contributed by atoms with Crippen molar-refractivity contribution in [2.75, 3.05) is 11.9 Å². The summed E-state index contributed by atoms with van der Waals surface area (Å²) in [5, 5.41) is 3.66. The molecule has 0 radical (unpaired) electrons. The van der Waals surface area contributed by atoms with Crippen LogP contribution in [-0.4, -0.2) is 23.0 Å². The highest BCUT2D eigenvalue weighted by Gasteiger charge is 2.27. The summed E-state index contributed by atoms with van der Waals surface area (Å²) in [6.45, 7) is 2.59. The first-order chi connectivity index (χ1) is 7.28. The second-order valence-electron chi connectivity index (χ2n) is 3.70. The van der Waals surface area contributed by atoms with Crippen LogP contribution in [0.4, 0.5) is 5.82 Å². The molecule has 0 bridgehead atoms. The van der Waals surface area contributed by atoms with Crippen LogP contribution in [0.5, 0.6) is 5.88 Å². The quantitative estimate of drug-likeness (QED) is 0.802. The maximum absolute atomic E-state index is 5.91. The lowest BCUT2D eigenvalue weighted by Crippen LogP contribution is -2.36. The fourth-order valence-corrected chi connectivity index (χ4v) is 2.03. The molecule has 0 saturated heterocycles. The average Bonchev–Trinajstić information content (AvgIpc) is 2.17. The summed E-state index contributed by atoms with van der Waals surface area (Å²) >= 11 is 5.91. The van der Waals surface area contributed by atoms with Gasteiger partial charge in [0.1, 0.15) is 5.82 Å². The minimum Gasteiger partial charge on any atom is -0.478 e. The second-order valence-corrected chi connectivity index (χ2v) is 4.32. The lowest BCUT2D eigenvalue weighted by atomic mass is 9.92. The molecule has 0 amide bonds. The maximum Gasteiger partial charge on any atom is 0.215 e. The van der Waals surface area contributed by atoms with Crippen LogP contribution in [0.3, 0.4) is 0 Å². The molecule has 4 heteroatoms. The number of pyridine rings is 1. The Labute approximate surface area is 94.8 Å². The molecule has 2 rings (SSSR count). The Balaban J connectivity index is 1.93. The average molecular weight is 227 g/mol. The third-order valence-electron chi connectivity index (χ3n) is 2.45. The molecule has 0 spiro atoms. The standard InChI is InChI=1S/C11H15ClN2O/c1-2-15-11-5-3-4-10(14-11)13-9-6-8(12)7-9/h3-5,8-9H,2,6-7H2,1H3,(H,13,14). The molecule has 0 aromatic carbocycles. The number of alkyl halides is 1. The summed E-state index contributed by atoms with van der Waals surface area (Å²) in [5.74, 6) is 1.54. The fraction of sp³-hybridized carbons (Fsp3) is 0.545. The number of aromatic nitrogens is 1. The van der Waals surface area contributed by atoms with Crippen LogP contribution in [0.25, 0.3) is 0 Å². The Morgan fingerprint density at radius 1 is 1.53 bits per heavy atom. The smallest absolute Gasteiger partial charge is 0.215 e. The summed E-state index contributed by atoms with van der Waals surface area (Å²) in [5.41, 5.74) is 0. The van der Waals surface area contributed by atoms with E-state index in [-0.39, 0.29) is 0 Å². The molecular formula is C11H15ClN2O. The van der Waals surface area contributed by atoms with Crippen molar-refractivity contribution in [2.45, 2.75) is 31.2 Å². The van der Waals surface area contributed by atoms with Gasteiger partial charge in [-0.15, -0.1) is 11.6 Å². The first-order valence-corrected chi connectivity index (χ1v) is 5.72. The van der Waals surface area contributed by atoms with Crippen LogP contribution >= 0.6 is 11.6 Å². The Hall–Kier alpha value is -0.960. The van der Waals surface area contributed by atoms with Gasteiger partial charge in [-0.2, -0.15) is 4.98 Å². The Morgan fingerprint density at radius 2 is 2.33 bits per heavy atom. The number of nitrogens with one attached hydrogen (secondary N) is 1. The van der Waals surface area contributed by atoms with Crippen LogP contribution in [0.2, 0.25) is 0 Å². The molecule has 82 valence electrons. The van der Waals surface area contributed by atoms with E-state index >= 15 is 0 Å². The van der Waals surface area contributed by atoms with Crippen molar-refractivity contribution in [1.29, 1.82) is 0 Å². The molecule has 3 nitrogen and oxygen atoms in total. The zero-order chi connectivity index (χ0) is 10.7. The van der Waals surface area contributed by atoms with Gasteiger partial charge in [0, 0.05) is 17.5 Å². The highest BCUT2D eigenvalue weighted by molar-refractivity contribution is 6.21. The van der Waals surface area contributed by atoms with E-state index < -0.39 is 0 Å². The van der Waals surface area contributed by atoms with Gasteiger partial charge in [0.05, 0.1) is 6.61 Å². The van der Waals surface area contributed by atoms with Crippen molar-refractivity contribution in [2.24, 2.45) is 0 Å². The molecule has 1 heterocycles. The van der Waals surface area contributed by atoms with Gasteiger partial charge in [-0.05, 0) is 25.8 Å². The molecule has 15 heavy (non-hydrogen) atoms. The third kappa shape index (κ3) is 2.75. The molecule has 1 fully saturated rings. The van der Waals surface area contributed by atoms with E-state index in [4.69, 9.17) is 16.3 Å². The number of rotatable bonds is 4. The predicted molar refractivity (Wildman–Crippen MR) is 61.7 cm³/mol. The van der Waals surface area contributed by atoms with E-state index in [0.717, 1.165) is 18.7 Å². The lowest BCUT2D eigenvalue weighted by Gasteiger charge is -2.31. The van der Waals surface area contributed by atoms with Crippen molar-refractivity contribution in [3.8, 4) is 5.88 Å². The van der Waals surface area contributed by atoms with Gasteiger partial charge in [-0.1, -0.05) is 6.07 Å². The molecule has 0 atom stereocenters. The van der Waals surface area contributed by atoms with Gasteiger partial charge < -0.3 is 10.1 Å². The van der Waals surface area contributed by atoms with E-state index in [0.29, 0.717) is 23.9 Å². The number of ether oxygens (including phenoxy) is 1. The SMILES string of the molecule is CCOc1cccc(NC2CC(Cl)C2)n1. The second kappa shape index (κ2) is 4.71. The van der Waals surface area contributed by atoms with Crippen LogP contribution < -0.4 is 10.1 Å². The normalized spacial score (nSPS) is 24.4. The number of hydrogen-bond donors (Lipinski definition) is 1. The van der Waals surface area contributed by atoms with Crippen molar-refractivity contribution < 1.29 is 4.74 Å². The van der Waals surface area contributed by atoms with Gasteiger partial charge in [0.25, 0.3) is 0 Å². The largest absolute Gasteiger partial charge is 0.478 e. The Kier molecular flexibility index (Phi) is 3.31. The molecular weight excluding hydrogens is 212 g/mol. The number of hydrogen-bond acceptors (Lipinski definition) is 3. The van der Waals surface area contributed by atoms with Crippen LogP contribution in [0, 0.1) is 0 Å². The highest BCUT2D eigenvalue weighted by Crippen LogP contribution is 2.28. The molecule has 1 aromatic rings. The fourth-order valence-electron chi connectivity index (χ4n) is 1.60.